The van der Waals surface area contributed by atoms with Gasteiger partial charge in [-0.05, 0) is 48.5 Å². The van der Waals surface area contributed by atoms with E-state index in [4.69, 9.17) is 9.15 Å². The number of hydrogen-bond acceptors (Lipinski definition) is 5. The number of carbonyl (C=O) groups excluding carboxylic acids is 1. The second kappa shape index (κ2) is 7.74. The molecule has 0 radical (unpaired) electrons. The average molecular weight is 439 g/mol. The minimum Gasteiger partial charge on any atom is -0.507 e. The largest absolute Gasteiger partial charge is 0.507 e. The quantitative estimate of drug-likeness (QED) is 0.458. The number of aromatic nitrogens is 1. The molecule has 0 atom stereocenters. The fraction of sp³-hybridized carbons (Fsp3) is 0.0476. The fourth-order valence-electron chi connectivity index (χ4n) is 2.65. The number of anilines is 1. The van der Waals surface area contributed by atoms with Crippen LogP contribution >= 0.6 is 15.9 Å². The van der Waals surface area contributed by atoms with Gasteiger partial charge in [-0.3, -0.25) is 4.79 Å². The molecule has 28 heavy (non-hydrogen) atoms. The summed E-state index contributed by atoms with van der Waals surface area (Å²) in [6.45, 7) is -0.144. The van der Waals surface area contributed by atoms with Gasteiger partial charge < -0.3 is 19.6 Å². The summed E-state index contributed by atoms with van der Waals surface area (Å²) in [4.78, 5) is 16.4. The van der Waals surface area contributed by atoms with E-state index in [1.54, 1.807) is 24.3 Å². The van der Waals surface area contributed by atoms with Crippen LogP contribution in [0.25, 0.3) is 22.6 Å². The van der Waals surface area contributed by atoms with E-state index < -0.39 is 0 Å². The van der Waals surface area contributed by atoms with Crippen molar-refractivity contribution in [3.63, 3.8) is 0 Å². The summed E-state index contributed by atoms with van der Waals surface area (Å²) in [7, 11) is 0. The van der Waals surface area contributed by atoms with Gasteiger partial charge in [0.2, 0.25) is 5.89 Å². The molecule has 2 N–H and O–H groups in total. The molecule has 3 aromatic carbocycles. The monoisotopic (exact) mass is 438 g/mol. The number of nitrogens with one attached hydrogen (secondary N) is 1. The van der Waals surface area contributed by atoms with Crippen molar-refractivity contribution in [2.75, 3.05) is 11.9 Å². The molecular weight excluding hydrogens is 424 g/mol. The number of oxazole rings is 1. The SMILES string of the molecule is O=C(COc1ccc(Br)cc1)Nc1ccc(-c2nc3ccccc3o2)c(O)c1. The first-order valence-electron chi connectivity index (χ1n) is 8.46. The van der Waals surface area contributed by atoms with Crippen LogP contribution in [0.15, 0.2) is 75.6 Å². The van der Waals surface area contributed by atoms with Crippen molar-refractivity contribution in [3.8, 4) is 23.0 Å². The molecule has 6 nitrogen and oxygen atoms in total. The molecule has 0 bridgehead atoms. The van der Waals surface area contributed by atoms with E-state index in [0.717, 1.165) is 4.47 Å². The van der Waals surface area contributed by atoms with Gasteiger partial charge in [-0.25, -0.2) is 4.98 Å². The molecule has 0 saturated carbocycles. The van der Waals surface area contributed by atoms with Crippen LogP contribution in [0.5, 0.6) is 11.5 Å². The Morgan fingerprint density at radius 1 is 1.11 bits per heavy atom. The van der Waals surface area contributed by atoms with Crippen molar-refractivity contribution in [2.24, 2.45) is 0 Å². The number of benzene rings is 3. The van der Waals surface area contributed by atoms with Crippen molar-refractivity contribution in [3.05, 3.63) is 71.2 Å². The van der Waals surface area contributed by atoms with Crippen molar-refractivity contribution in [1.29, 1.82) is 0 Å². The Labute approximate surface area is 168 Å². The van der Waals surface area contributed by atoms with Crippen LogP contribution in [0.1, 0.15) is 0 Å². The van der Waals surface area contributed by atoms with Gasteiger partial charge in [-0.2, -0.15) is 0 Å². The molecule has 1 amide bonds. The molecule has 1 aromatic heterocycles. The predicted octanol–water partition coefficient (Wildman–Crippen LogP) is 4.98. The third-order valence-electron chi connectivity index (χ3n) is 3.99. The zero-order chi connectivity index (χ0) is 19.5. The summed E-state index contributed by atoms with van der Waals surface area (Å²) in [6, 6.07) is 19.3. The Morgan fingerprint density at radius 3 is 2.64 bits per heavy atom. The van der Waals surface area contributed by atoms with Gasteiger partial charge >= 0.3 is 0 Å². The zero-order valence-corrected chi connectivity index (χ0v) is 16.1. The van der Waals surface area contributed by atoms with E-state index in [2.05, 4.69) is 26.2 Å². The number of amides is 1. The molecular formula is C21H15BrN2O4. The van der Waals surface area contributed by atoms with Gasteiger partial charge in [0.25, 0.3) is 5.91 Å². The van der Waals surface area contributed by atoms with Gasteiger partial charge in [-0.1, -0.05) is 28.1 Å². The number of para-hydroxylation sites is 2. The van der Waals surface area contributed by atoms with Gasteiger partial charge in [0.05, 0.1) is 5.56 Å². The summed E-state index contributed by atoms with van der Waals surface area (Å²) in [6.07, 6.45) is 0. The Bertz CT molecular complexity index is 1110. The first kappa shape index (κ1) is 18.1. The maximum Gasteiger partial charge on any atom is 0.262 e. The number of halogens is 1. The summed E-state index contributed by atoms with van der Waals surface area (Å²) < 4.78 is 12.0. The third-order valence-corrected chi connectivity index (χ3v) is 4.52. The number of phenolic OH excluding ortho intramolecular Hbond substituents is 1. The lowest BCUT2D eigenvalue weighted by Gasteiger charge is -2.09. The molecule has 0 unspecified atom stereocenters. The third kappa shape index (κ3) is 3.99. The van der Waals surface area contributed by atoms with Gasteiger partial charge in [-0.15, -0.1) is 0 Å². The molecule has 4 rings (SSSR count). The summed E-state index contributed by atoms with van der Waals surface area (Å²) in [5.41, 5.74) is 2.24. The van der Waals surface area contributed by atoms with Crippen molar-refractivity contribution >= 4 is 38.6 Å². The fourth-order valence-corrected chi connectivity index (χ4v) is 2.92. The van der Waals surface area contributed by atoms with Crippen molar-refractivity contribution in [1.82, 2.24) is 4.98 Å². The van der Waals surface area contributed by atoms with Crippen LogP contribution < -0.4 is 10.1 Å². The lowest BCUT2D eigenvalue weighted by molar-refractivity contribution is -0.118. The molecule has 0 saturated heterocycles. The zero-order valence-electron chi connectivity index (χ0n) is 14.6. The van der Waals surface area contributed by atoms with Crippen molar-refractivity contribution in [2.45, 2.75) is 0 Å². The number of ether oxygens (including phenoxy) is 1. The standard InChI is InChI=1S/C21H15BrN2O4/c22-13-5-8-15(9-6-13)27-12-20(26)23-14-7-10-16(18(25)11-14)21-24-17-3-1-2-4-19(17)28-21/h1-11,25H,12H2,(H,23,26). The van der Waals surface area contributed by atoms with E-state index in [9.17, 15) is 9.90 Å². The van der Waals surface area contributed by atoms with E-state index in [1.165, 1.54) is 6.07 Å². The highest BCUT2D eigenvalue weighted by atomic mass is 79.9. The van der Waals surface area contributed by atoms with Crippen LogP contribution in [0.2, 0.25) is 0 Å². The first-order chi connectivity index (χ1) is 13.6. The first-order valence-corrected chi connectivity index (χ1v) is 9.25. The minimum atomic E-state index is -0.336. The van der Waals surface area contributed by atoms with Crippen molar-refractivity contribution < 1.29 is 19.1 Å². The Morgan fingerprint density at radius 2 is 1.89 bits per heavy atom. The van der Waals surface area contributed by atoms with E-state index >= 15 is 0 Å². The van der Waals surface area contributed by atoms with Gasteiger partial charge in [0, 0.05) is 16.2 Å². The molecule has 1 heterocycles. The molecule has 140 valence electrons. The molecule has 0 aliphatic carbocycles. The second-order valence-electron chi connectivity index (χ2n) is 6.01. The van der Waals surface area contributed by atoms with Gasteiger partial charge in [0.15, 0.2) is 12.2 Å². The maximum atomic E-state index is 12.1. The lowest BCUT2D eigenvalue weighted by Crippen LogP contribution is -2.20. The molecule has 4 aromatic rings. The van der Waals surface area contributed by atoms with Gasteiger partial charge in [0.1, 0.15) is 17.0 Å². The molecule has 0 aliphatic heterocycles. The van der Waals surface area contributed by atoms with Crippen LogP contribution in [0.4, 0.5) is 5.69 Å². The predicted molar refractivity (Wildman–Crippen MR) is 109 cm³/mol. The molecule has 0 spiro atoms. The summed E-state index contributed by atoms with van der Waals surface area (Å²) in [5.74, 6) is 0.526. The normalized spacial score (nSPS) is 10.8. The van der Waals surface area contributed by atoms with E-state index in [0.29, 0.717) is 34.0 Å². The van der Waals surface area contributed by atoms with E-state index in [-0.39, 0.29) is 18.3 Å². The number of carbonyl (C=O) groups is 1. The Balaban J connectivity index is 1.43. The Hall–Kier alpha value is -3.32. The number of hydrogen-bond donors (Lipinski definition) is 2. The smallest absolute Gasteiger partial charge is 0.262 e. The highest BCUT2D eigenvalue weighted by molar-refractivity contribution is 9.10. The lowest BCUT2D eigenvalue weighted by atomic mass is 10.2. The minimum absolute atomic E-state index is 0.0433. The number of phenols is 1. The second-order valence-corrected chi connectivity index (χ2v) is 6.93. The Kier molecular flexibility index (Phi) is 4.99. The highest BCUT2D eigenvalue weighted by Crippen LogP contribution is 2.33. The molecule has 0 aliphatic rings. The topological polar surface area (TPSA) is 84.6 Å². The summed E-state index contributed by atoms with van der Waals surface area (Å²) >= 11 is 3.34. The molecule has 7 heteroatoms. The highest BCUT2D eigenvalue weighted by Gasteiger charge is 2.13. The maximum absolute atomic E-state index is 12.1. The van der Waals surface area contributed by atoms with Crippen LogP contribution in [-0.2, 0) is 4.79 Å². The van der Waals surface area contributed by atoms with Crippen LogP contribution in [-0.4, -0.2) is 22.6 Å². The average Bonchev–Trinajstić information content (AvgIpc) is 3.11. The van der Waals surface area contributed by atoms with E-state index in [1.807, 2.05) is 36.4 Å². The molecule has 0 fully saturated rings. The van der Waals surface area contributed by atoms with Crippen LogP contribution in [0, 0.1) is 0 Å². The number of fused-ring (bicyclic) bond motifs is 1. The number of aromatic hydroxyl groups is 1. The number of nitrogens with zero attached hydrogens (tertiary/aromatic N) is 1. The van der Waals surface area contributed by atoms with Crippen LogP contribution in [0.3, 0.4) is 0 Å². The number of rotatable bonds is 5. The summed E-state index contributed by atoms with van der Waals surface area (Å²) in [5, 5.41) is 13.0.